The van der Waals surface area contributed by atoms with E-state index in [1.54, 1.807) is 0 Å². The Kier molecular flexibility index (Phi) is 8.10. The quantitative estimate of drug-likeness (QED) is 0.776. The van der Waals surface area contributed by atoms with Crippen LogP contribution in [0.4, 0.5) is 0 Å². The molecule has 1 aliphatic rings. The minimum Gasteiger partial charge on any atom is -0.352 e. The van der Waals surface area contributed by atoms with Crippen molar-refractivity contribution in [1.82, 2.24) is 15.1 Å². The third-order valence-corrected chi connectivity index (χ3v) is 5.06. The number of carbonyl (C=O) groups excluding carboxylic acids is 2. The Morgan fingerprint density at radius 2 is 2.04 bits per heavy atom. The highest BCUT2D eigenvalue weighted by atomic mass is 16.2. The molecule has 2 rings (SSSR count). The molecule has 5 nitrogen and oxygen atoms in total. The third kappa shape index (κ3) is 6.13. The summed E-state index contributed by atoms with van der Waals surface area (Å²) in [6.07, 6.45) is 3.21. The first kappa shape index (κ1) is 20.4. The summed E-state index contributed by atoms with van der Waals surface area (Å²) in [6.45, 7) is 7.97. The molecule has 1 saturated heterocycles. The van der Waals surface area contributed by atoms with Gasteiger partial charge in [-0.05, 0) is 44.0 Å². The fourth-order valence-corrected chi connectivity index (χ4v) is 3.38. The molecule has 144 valence electrons. The van der Waals surface area contributed by atoms with Gasteiger partial charge < -0.3 is 15.1 Å². The summed E-state index contributed by atoms with van der Waals surface area (Å²) in [5.41, 5.74) is 2.38. The largest absolute Gasteiger partial charge is 0.352 e. The van der Waals surface area contributed by atoms with Crippen LogP contribution in [0.3, 0.4) is 0 Å². The normalized spacial score (nSPS) is 17.4. The first-order valence-corrected chi connectivity index (χ1v) is 9.85. The smallest absolute Gasteiger partial charge is 0.225 e. The molecule has 1 fully saturated rings. The van der Waals surface area contributed by atoms with Crippen molar-refractivity contribution >= 4 is 11.8 Å². The number of benzene rings is 1. The van der Waals surface area contributed by atoms with E-state index in [2.05, 4.69) is 36.3 Å². The second-order valence-corrected chi connectivity index (χ2v) is 7.30. The lowest BCUT2D eigenvalue weighted by molar-refractivity contribution is -0.135. The number of likely N-dealkylation sites (tertiary alicyclic amines) is 1. The van der Waals surface area contributed by atoms with Crippen LogP contribution in [0.2, 0.25) is 0 Å². The van der Waals surface area contributed by atoms with Crippen LogP contribution in [0.5, 0.6) is 0 Å². The van der Waals surface area contributed by atoms with E-state index >= 15 is 0 Å². The van der Waals surface area contributed by atoms with Gasteiger partial charge in [-0.1, -0.05) is 38.1 Å². The Hall–Kier alpha value is -1.88. The van der Waals surface area contributed by atoms with Crippen LogP contribution in [-0.2, 0) is 22.7 Å². The Labute approximate surface area is 157 Å². The number of rotatable bonds is 8. The van der Waals surface area contributed by atoms with Gasteiger partial charge in [0.25, 0.3) is 0 Å². The number of nitrogens with one attached hydrogen (secondary N) is 1. The molecule has 0 aliphatic carbocycles. The Balaban J connectivity index is 1.86. The monoisotopic (exact) mass is 359 g/mol. The van der Waals surface area contributed by atoms with Gasteiger partial charge in [-0.3, -0.25) is 9.59 Å². The summed E-state index contributed by atoms with van der Waals surface area (Å²) in [4.78, 5) is 28.7. The van der Waals surface area contributed by atoms with E-state index in [0.717, 1.165) is 44.5 Å². The Morgan fingerprint density at radius 3 is 2.77 bits per heavy atom. The highest BCUT2D eigenvalue weighted by Gasteiger charge is 2.27. The summed E-state index contributed by atoms with van der Waals surface area (Å²) in [7, 11) is 2.10. The van der Waals surface area contributed by atoms with Crippen molar-refractivity contribution in [2.45, 2.75) is 52.6 Å². The van der Waals surface area contributed by atoms with E-state index in [9.17, 15) is 9.59 Å². The molecule has 1 N–H and O–H groups in total. The Bertz CT molecular complexity index is 603. The van der Waals surface area contributed by atoms with Crippen molar-refractivity contribution in [3.05, 3.63) is 35.4 Å². The number of hydrogen-bond donors (Lipinski definition) is 1. The fraction of sp³-hybridized carbons (Fsp3) is 0.619. The van der Waals surface area contributed by atoms with E-state index in [-0.39, 0.29) is 17.7 Å². The minimum atomic E-state index is -0.0843. The van der Waals surface area contributed by atoms with Crippen molar-refractivity contribution in [3.63, 3.8) is 0 Å². The predicted octanol–water partition coefficient (Wildman–Crippen LogP) is 2.79. The van der Waals surface area contributed by atoms with Gasteiger partial charge in [0.1, 0.15) is 0 Å². The van der Waals surface area contributed by atoms with Crippen LogP contribution in [-0.4, -0.2) is 48.3 Å². The van der Waals surface area contributed by atoms with E-state index in [1.165, 1.54) is 5.56 Å². The second-order valence-electron chi connectivity index (χ2n) is 7.30. The van der Waals surface area contributed by atoms with Gasteiger partial charge in [-0.2, -0.15) is 0 Å². The molecule has 2 amide bonds. The molecule has 1 unspecified atom stereocenters. The molecule has 0 spiro atoms. The predicted molar refractivity (Wildman–Crippen MR) is 105 cm³/mol. The van der Waals surface area contributed by atoms with Gasteiger partial charge in [0.05, 0.1) is 5.92 Å². The summed E-state index contributed by atoms with van der Waals surface area (Å²) in [6, 6.07) is 8.37. The zero-order chi connectivity index (χ0) is 18.9. The number of nitrogens with zero attached hydrogens (tertiary/aromatic N) is 2. The molecule has 26 heavy (non-hydrogen) atoms. The molecule has 0 bridgehead atoms. The van der Waals surface area contributed by atoms with Crippen molar-refractivity contribution < 1.29 is 9.59 Å². The molecule has 1 atom stereocenters. The lowest BCUT2D eigenvalue weighted by Crippen LogP contribution is -2.45. The zero-order valence-corrected chi connectivity index (χ0v) is 16.5. The van der Waals surface area contributed by atoms with Crippen LogP contribution in [0.15, 0.2) is 24.3 Å². The molecule has 1 heterocycles. The van der Waals surface area contributed by atoms with Gasteiger partial charge in [0, 0.05) is 32.6 Å². The Morgan fingerprint density at radius 1 is 1.27 bits per heavy atom. The molecule has 0 saturated carbocycles. The second kappa shape index (κ2) is 10.3. The lowest BCUT2D eigenvalue weighted by Gasteiger charge is -2.32. The first-order chi connectivity index (χ1) is 12.5. The van der Waals surface area contributed by atoms with E-state index in [0.29, 0.717) is 19.5 Å². The molecule has 1 aliphatic heterocycles. The van der Waals surface area contributed by atoms with Crippen molar-refractivity contribution in [1.29, 1.82) is 0 Å². The average molecular weight is 360 g/mol. The maximum Gasteiger partial charge on any atom is 0.225 e. The van der Waals surface area contributed by atoms with E-state index in [1.807, 2.05) is 24.0 Å². The molecule has 1 aromatic rings. The van der Waals surface area contributed by atoms with Crippen LogP contribution in [0.25, 0.3) is 0 Å². The molecule has 5 heteroatoms. The first-order valence-electron chi connectivity index (χ1n) is 9.85. The number of carbonyl (C=O) groups is 2. The summed E-state index contributed by atoms with van der Waals surface area (Å²) in [5, 5.41) is 3.06. The zero-order valence-electron chi connectivity index (χ0n) is 16.5. The van der Waals surface area contributed by atoms with Gasteiger partial charge >= 0.3 is 0 Å². The lowest BCUT2D eigenvalue weighted by atomic mass is 9.96. The summed E-state index contributed by atoms with van der Waals surface area (Å²) >= 11 is 0. The van der Waals surface area contributed by atoms with Gasteiger partial charge in [-0.25, -0.2) is 0 Å². The van der Waals surface area contributed by atoms with Crippen molar-refractivity contribution in [2.75, 3.05) is 26.7 Å². The van der Waals surface area contributed by atoms with Crippen LogP contribution in [0.1, 0.15) is 50.7 Å². The van der Waals surface area contributed by atoms with Crippen LogP contribution >= 0.6 is 0 Å². The van der Waals surface area contributed by atoms with Crippen LogP contribution < -0.4 is 5.32 Å². The topological polar surface area (TPSA) is 52.7 Å². The molecular weight excluding hydrogens is 326 g/mol. The highest BCUT2D eigenvalue weighted by Crippen LogP contribution is 2.18. The standard InChI is InChI=1S/C21H33N3O2/c1-4-8-20(25)24-12-7-11-19(16-24)21(26)22-14-17-9-6-10-18(13-17)15-23(3)5-2/h6,9-10,13,19H,4-5,7-8,11-12,14-16H2,1-3H3,(H,22,26). The summed E-state index contributed by atoms with van der Waals surface area (Å²) in [5.74, 6) is 0.159. The van der Waals surface area contributed by atoms with Crippen molar-refractivity contribution in [3.8, 4) is 0 Å². The van der Waals surface area contributed by atoms with Crippen LogP contribution in [0, 0.1) is 5.92 Å². The SMILES string of the molecule is CCCC(=O)N1CCCC(C(=O)NCc2cccc(CN(C)CC)c2)C1. The number of hydrogen-bond acceptors (Lipinski definition) is 3. The molecule has 0 radical (unpaired) electrons. The van der Waals surface area contributed by atoms with Gasteiger partial charge in [-0.15, -0.1) is 0 Å². The average Bonchev–Trinajstić information content (AvgIpc) is 2.66. The van der Waals surface area contributed by atoms with E-state index < -0.39 is 0 Å². The van der Waals surface area contributed by atoms with E-state index in [4.69, 9.17) is 0 Å². The molecule has 1 aromatic carbocycles. The van der Waals surface area contributed by atoms with Crippen molar-refractivity contribution in [2.24, 2.45) is 5.92 Å². The number of amides is 2. The van der Waals surface area contributed by atoms with Gasteiger partial charge in [0.15, 0.2) is 0 Å². The molecular formula is C21H33N3O2. The number of piperidine rings is 1. The molecule has 0 aromatic heterocycles. The fourth-order valence-electron chi connectivity index (χ4n) is 3.38. The summed E-state index contributed by atoms with van der Waals surface area (Å²) < 4.78 is 0. The minimum absolute atomic E-state index is 0.0649. The maximum absolute atomic E-state index is 12.5. The highest BCUT2D eigenvalue weighted by molar-refractivity contribution is 5.81. The maximum atomic E-state index is 12.5. The third-order valence-electron chi connectivity index (χ3n) is 5.06. The van der Waals surface area contributed by atoms with Gasteiger partial charge in [0.2, 0.25) is 11.8 Å².